The molecule has 100 valence electrons. The van der Waals surface area contributed by atoms with Crippen molar-refractivity contribution in [1.29, 1.82) is 0 Å². The van der Waals surface area contributed by atoms with Crippen molar-refractivity contribution in [1.82, 2.24) is 9.78 Å². The molecule has 1 aromatic heterocycles. The Morgan fingerprint density at radius 3 is 2.95 bits per heavy atom. The highest BCUT2D eigenvalue weighted by Gasteiger charge is 2.06. The number of nitrogens with one attached hydrogen (secondary N) is 1. The van der Waals surface area contributed by atoms with Crippen molar-refractivity contribution in [2.45, 2.75) is 13.0 Å². The fourth-order valence-corrected chi connectivity index (χ4v) is 2.16. The van der Waals surface area contributed by atoms with E-state index in [2.05, 4.69) is 33.0 Å². The summed E-state index contributed by atoms with van der Waals surface area (Å²) in [5.74, 6) is -0.112. The number of aromatic nitrogens is 2. The molecule has 0 fully saturated rings. The van der Waals surface area contributed by atoms with Crippen LogP contribution in [0, 0.1) is 3.57 Å². The summed E-state index contributed by atoms with van der Waals surface area (Å²) in [4.78, 5) is 11.8. The maximum absolute atomic E-state index is 11.8. The summed E-state index contributed by atoms with van der Waals surface area (Å²) in [5, 5.41) is 7.40. The van der Waals surface area contributed by atoms with Crippen molar-refractivity contribution < 1.29 is 4.79 Å². The molecule has 0 aliphatic rings. The van der Waals surface area contributed by atoms with Crippen molar-refractivity contribution in [2.75, 3.05) is 11.1 Å². The van der Waals surface area contributed by atoms with E-state index in [0.717, 1.165) is 3.57 Å². The van der Waals surface area contributed by atoms with Crippen molar-refractivity contribution in [2.24, 2.45) is 0 Å². The molecule has 0 saturated carbocycles. The normalized spacial score (nSPS) is 10.4. The first-order valence-electron chi connectivity index (χ1n) is 5.57. The molecule has 0 saturated heterocycles. The summed E-state index contributed by atoms with van der Waals surface area (Å²) in [6.07, 6.45) is 3.96. The molecule has 7 heteroatoms. The van der Waals surface area contributed by atoms with Crippen LogP contribution in [0.1, 0.15) is 6.42 Å². The van der Waals surface area contributed by atoms with E-state index in [-0.39, 0.29) is 5.91 Å². The lowest BCUT2D eigenvalue weighted by Gasteiger charge is -2.08. The predicted octanol–water partition coefficient (Wildman–Crippen LogP) is 2.75. The molecule has 19 heavy (non-hydrogen) atoms. The van der Waals surface area contributed by atoms with Gasteiger partial charge in [0, 0.05) is 24.2 Å². The second-order valence-corrected chi connectivity index (χ2v) is 5.63. The largest absolute Gasteiger partial charge is 0.397 e. The van der Waals surface area contributed by atoms with Gasteiger partial charge in [0.25, 0.3) is 0 Å². The molecule has 1 aromatic carbocycles. The first-order chi connectivity index (χ1) is 9.04. The monoisotopic (exact) mass is 390 g/mol. The summed E-state index contributed by atoms with van der Waals surface area (Å²) >= 11 is 7.96. The summed E-state index contributed by atoms with van der Waals surface area (Å²) in [6.45, 7) is 0.530. The van der Waals surface area contributed by atoms with E-state index in [4.69, 9.17) is 17.3 Å². The molecule has 0 aliphatic carbocycles. The van der Waals surface area contributed by atoms with E-state index in [9.17, 15) is 4.79 Å². The van der Waals surface area contributed by atoms with Crippen molar-refractivity contribution >= 4 is 51.5 Å². The predicted molar refractivity (Wildman–Crippen MR) is 84.1 cm³/mol. The second kappa shape index (κ2) is 6.25. The summed E-state index contributed by atoms with van der Waals surface area (Å²) < 4.78 is 2.77. The van der Waals surface area contributed by atoms with Gasteiger partial charge in [-0.2, -0.15) is 5.10 Å². The average Bonchev–Trinajstić information content (AvgIpc) is 2.76. The van der Waals surface area contributed by atoms with E-state index in [1.54, 1.807) is 29.1 Å². The lowest BCUT2D eigenvalue weighted by atomic mass is 10.2. The number of anilines is 2. The van der Waals surface area contributed by atoms with Crippen LogP contribution in [0.2, 0.25) is 5.02 Å². The number of hydrogen-bond donors (Lipinski definition) is 2. The molecule has 1 amide bonds. The molecule has 0 aliphatic heterocycles. The number of nitrogens with zero attached hydrogens (tertiary/aromatic N) is 2. The number of nitrogens with two attached hydrogens (primary N) is 1. The van der Waals surface area contributed by atoms with Gasteiger partial charge in [-0.05, 0) is 40.8 Å². The molecule has 2 rings (SSSR count). The number of rotatable bonds is 4. The van der Waals surface area contributed by atoms with Gasteiger partial charge in [-0.1, -0.05) is 11.6 Å². The minimum Gasteiger partial charge on any atom is -0.397 e. The van der Waals surface area contributed by atoms with Gasteiger partial charge in [0.05, 0.1) is 21.1 Å². The minimum atomic E-state index is -0.112. The molecule has 0 unspecified atom stereocenters. The van der Waals surface area contributed by atoms with E-state index in [1.165, 1.54) is 0 Å². The number of aryl methyl sites for hydroxylation is 1. The molecule has 2 aromatic rings. The first kappa shape index (κ1) is 14.1. The molecular formula is C12H12ClIN4O. The second-order valence-electron chi connectivity index (χ2n) is 3.95. The number of carbonyl (C=O) groups excluding carboxylic acids is 1. The SMILES string of the molecule is Nc1cc(Cl)ccc1NC(=O)CCn1cc(I)cn1. The Morgan fingerprint density at radius 1 is 1.53 bits per heavy atom. The Labute approximate surface area is 129 Å². The van der Waals surface area contributed by atoms with Crippen LogP contribution in [0.25, 0.3) is 0 Å². The topological polar surface area (TPSA) is 72.9 Å². The smallest absolute Gasteiger partial charge is 0.226 e. The Kier molecular flexibility index (Phi) is 4.65. The lowest BCUT2D eigenvalue weighted by molar-refractivity contribution is -0.116. The molecule has 0 bridgehead atoms. The molecular weight excluding hydrogens is 379 g/mol. The lowest BCUT2D eigenvalue weighted by Crippen LogP contribution is -2.15. The van der Waals surface area contributed by atoms with Crippen LogP contribution in [0.5, 0.6) is 0 Å². The van der Waals surface area contributed by atoms with Gasteiger partial charge in [0.15, 0.2) is 0 Å². The summed E-state index contributed by atoms with van der Waals surface area (Å²) in [7, 11) is 0. The fraction of sp³-hybridized carbons (Fsp3) is 0.167. The Morgan fingerprint density at radius 2 is 2.32 bits per heavy atom. The van der Waals surface area contributed by atoms with Gasteiger partial charge >= 0.3 is 0 Å². The zero-order valence-electron chi connectivity index (χ0n) is 9.94. The Balaban J connectivity index is 1.90. The van der Waals surface area contributed by atoms with Crippen LogP contribution in [0.4, 0.5) is 11.4 Å². The van der Waals surface area contributed by atoms with Gasteiger partial charge in [-0.15, -0.1) is 0 Å². The molecule has 0 radical (unpaired) electrons. The zero-order chi connectivity index (χ0) is 13.8. The third-order valence-electron chi connectivity index (χ3n) is 2.46. The number of carbonyl (C=O) groups is 1. The van der Waals surface area contributed by atoms with Crippen LogP contribution < -0.4 is 11.1 Å². The maximum Gasteiger partial charge on any atom is 0.226 e. The van der Waals surface area contributed by atoms with Crippen LogP contribution in [-0.4, -0.2) is 15.7 Å². The highest BCUT2D eigenvalue weighted by Crippen LogP contribution is 2.22. The standard InChI is InChI=1S/C12H12ClIN4O/c13-8-1-2-11(10(15)5-8)17-12(19)3-4-18-7-9(14)6-16-18/h1-2,5-7H,3-4,15H2,(H,17,19). The third-order valence-corrected chi connectivity index (χ3v) is 3.25. The van der Waals surface area contributed by atoms with E-state index in [1.807, 2.05) is 6.20 Å². The van der Waals surface area contributed by atoms with E-state index >= 15 is 0 Å². The van der Waals surface area contributed by atoms with Crippen molar-refractivity contribution in [3.8, 4) is 0 Å². The molecule has 5 nitrogen and oxygen atoms in total. The Bertz CT molecular complexity index is 599. The van der Waals surface area contributed by atoms with E-state index < -0.39 is 0 Å². The van der Waals surface area contributed by atoms with Crippen LogP contribution in [-0.2, 0) is 11.3 Å². The average molecular weight is 391 g/mol. The molecule has 0 spiro atoms. The summed E-state index contributed by atoms with van der Waals surface area (Å²) in [5.41, 5.74) is 6.79. The number of hydrogen-bond acceptors (Lipinski definition) is 3. The Hall–Kier alpha value is -1.28. The highest BCUT2D eigenvalue weighted by atomic mass is 127. The van der Waals surface area contributed by atoms with Gasteiger partial charge < -0.3 is 11.1 Å². The third kappa shape index (κ3) is 4.10. The van der Waals surface area contributed by atoms with Crippen molar-refractivity contribution in [3.63, 3.8) is 0 Å². The van der Waals surface area contributed by atoms with Crippen LogP contribution >= 0.6 is 34.2 Å². The molecule has 0 atom stereocenters. The summed E-state index contributed by atoms with van der Waals surface area (Å²) in [6, 6.07) is 4.98. The number of halogens is 2. The first-order valence-corrected chi connectivity index (χ1v) is 7.03. The maximum atomic E-state index is 11.8. The quantitative estimate of drug-likeness (QED) is 0.623. The fourth-order valence-electron chi connectivity index (χ4n) is 1.54. The number of amides is 1. The minimum absolute atomic E-state index is 0.112. The van der Waals surface area contributed by atoms with Crippen LogP contribution in [0.3, 0.4) is 0 Å². The molecule has 1 heterocycles. The van der Waals surface area contributed by atoms with E-state index in [0.29, 0.717) is 29.4 Å². The van der Waals surface area contributed by atoms with Gasteiger partial charge in [-0.25, -0.2) is 0 Å². The van der Waals surface area contributed by atoms with Crippen LogP contribution in [0.15, 0.2) is 30.6 Å². The van der Waals surface area contributed by atoms with Gasteiger partial charge in [0.1, 0.15) is 0 Å². The zero-order valence-corrected chi connectivity index (χ0v) is 12.9. The highest BCUT2D eigenvalue weighted by molar-refractivity contribution is 14.1. The van der Waals surface area contributed by atoms with Gasteiger partial charge in [0.2, 0.25) is 5.91 Å². The molecule has 3 N–H and O–H groups in total. The number of benzene rings is 1. The number of nitrogen functional groups attached to an aromatic ring is 1. The van der Waals surface area contributed by atoms with Crippen molar-refractivity contribution in [3.05, 3.63) is 39.2 Å². The van der Waals surface area contributed by atoms with Gasteiger partial charge in [-0.3, -0.25) is 9.48 Å².